The molecule has 1 heterocycles. The van der Waals surface area contributed by atoms with E-state index < -0.39 is 10.0 Å². The van der Waals surface area contributed by atoms with E-state index in [1.807, 2.05) is 25.1 Å². The SMILES string of the molecule is Cc1cccc(C(=O)NCC(=O)N2CCN(S(=O)(=O)c3ccc(C(C)(C)C)cc3)CC2)c1. The van der Waals surface area contributed by atoms with Gasteiger partial charge in [-0.2, -0.15) is 4.31 Å². The standard InChI is InChI=1S/C24H31N3O4S/c1-18-6-5-7-19(16-18)23(29)25-17-22(28)26-12-14-27(15-13-26)32(30,31)21-10-8-20(9-11-21)24(2,3)4/h5-11,16H,12-15,17H2,1-4H3,(H,25,29). The molecule has 172 valence electrons. The lowest BCUT2D eigenvalue weighted by molar-refractivity contribution is -0.131. The van der Waals surface area contributed by atoms with E-state index in [1.165, 1.54) is 4.31 Å². The molecule has 1 fully saturated rings. The zero-order valence-corrected chi connectivity index (χ0v) is 19.9. The van der Waals surface area contributed by atoms with Crippen molar-refractivity contribution < 1.29 is 18.0 Å². The van der Waals surface area contributed by atoms with E-state index in [1.54, 1.807) is 35.2 Å². The van der Waals surface area contributed by atoms with E-state index in [4.69, 9.17) is 0 Å². The van der Waals surface area contributed by atoms with Crippen molar-refractivity contribution in [3.05, 3.63) is 65.2 Å². The minimum absolute atomic E-state index is 0.0525. The first-order valence-corrected chi connectivity index (χ1v) is 12.2. The number of benzene rings is 2. The molecule has 0 radical (unpaired) electrons. The van der Waals surface area contributed by atoms with Crippen LogP contribution in [0, 0.1) is 6.92 Å². The molecular formula is C24H31N3O4S. The topological polar surface area (TPSA) is 86.8 Å². The number of sulfonamides is 1. The molecule has 8 heteroatoms. The fourth-order valence-electron chi connectivity index (χ4n) is 3.61. The first kappa shape index (κ1) is 23.9. The first-order chi connectivity index (χ1) is 15.0. The Labute approximate surface area is 190 Å². The van der Waals surface area contributed by atoms with Crippen LogP contribution in [-0.2, 0) is 20.2 Å². The summed E-state index contributed by atoms with van der Waals surface area (Å²) in [4.78, 5) is 26.6. The molecule has 32 heavy (non-hydrogen) atoms. The number of nitrogens with one attached hydrogen (secondary N) is 1. The van der Waals surface area contributed by atoms with Crippen molar-refractivity contribution in [1.29, 1.82) is 0 Å². The molecule has 0 unspecified atom stereocenters. The number of aryl methyl sites for hydroxylation is 1. The molecule has 1 aliphatic heterocycles. The van der Waals surface area contributed by atoms with Gasteiger partial charge in [-0.25, -0.2) is 8.42 Å². The molecule has 0 spiro atoms. The molecule has 2 amide bonds. The summed E-state index contributed by atoms with van der Waals surface area (Å²) in [5.74, 6) is -0.528. The fourth-order valence-corrected chi connectivity index (χ4v) is 5.03. The van der Waals surface area contributed by atoms with Crippen LogP contribution in [0.2, 0.25) is 0 Å². The predicted octanol–water partition coefficient (Wildman–Crippen LogP) is 2.56. The van der Waals surface area contributed by atoms with Crippen molar-refractivity contribution in [3.63, 3.8) is 0 Å². The Morgan fingerprint density at radius 2 is 1.59 bits per heavy atom. The lowest BCUT2D eigenvalue weighted by Gasteiger charge is -2.34. The smallest absolute Gasteiger partial charge is 0.251 e. The van der Waals surface area contributed by atoms with Gasteiger partial charge in [0.1, 0.15) is 0 Å². The highest BCUT2D eigenvalue weighted by Gasteiger charge is 2.30. The maximum atomic E-state index is 13.0. The largest absolute Gasteiger partial charge is 0.343 e. The van der Waals surface area contributed by atoms with E-state index in [2.05, 4.69) is 26.1 Å². The van der Waals surface area contributed by atoms with Gasteiger partial charge in [-0.1, -0.05) is 50.6 Å². The van der Waals surface area contributed by atoms with E-state index in [9.17, 15) is 18.0 Å². The summed E-state index contributed by atoms with van der Waals surface area (Å²) in [6.45, 7) is 9.04. The molecule has 1 saturated heterocycles. The van der Waals surface area contributed by atoms with Crippen molar-refractivity contribution in [3.8, 4) is 0 Å². The van der Waals surface area contributed by atoms with Crippen LogP contribution in [0.15, 0.2) is 53.4 Å². The average Bonchev–Trinajstić information content (AvgIpc) is 2.76. The highest BCUT2D eigenvalue weighted by Crippen LogP contribution is 2.25. The number of hydrogen-bond donors (Lipinski definition) is 1. The second-order valence-corrected chi connectivity index (χ2v) is 11.0. The molecular weight excluding hydrogens is 426 g/mol. The van der Waals surface area contributed by atoms with E-state index in [0.717, 1.165) is 11.1 Å². The second-order valence-electron chi connectivity index (χ2n) is 9.11. The molecule has 1 aliphatic rings. The number of carbonyl (C=O) groups is 2. The zero-order chi connectivity index (χ0) is 23.5. The third kappa shape index (κ3) is 5.55. The van der Waals surface area contributed by atoms with Gasteiger partial charge in [-0.15, -0.1) is 0 Å². The van der Waals surface area contributed by atoms with Gasteiger partial charge in [-0.3, -0.25) is 9.59 Å². The molecule has 3 rings (SSSR count). The average molecular weight is 458 g/mol. The van der Waals surface area contributed by atoms with Gasteiger partial charge in [0.05, 0.1) is 11.4 Å². The summed E-state index contributed by atoms with van der Waals surface area (Å²) in [5, 5.41) is 2.65. The Kier molecular flexibility index (Phi) is 7.05. The van der Waals surface area contributed by atoms with Crippen LogP contribution in [0.1, 0.15) is 42.3 Å². The highest BCUT2D eigenvalue weighted by atomic mass is 32.2. The van der Waals surface area contributed by atoms with Crippen LogP contribution < -0.4 is 5.32 Å². The molecule has 0 aliphatic carbocycles. The summed E-state index contributed by atoms with van der Waals surface area (Å²) in [5.41, 5.74) is 2.49. The van der Waals surface area contributed by atoms with E-state index in [-0.39, 0.29) is 41.8 Å². The predicted molar refractivity (Wildman–Crippen MR) is 124 cm³/mol. The lowest BCUT2D eigenvalue weighted by Crippen LogP contribution is -2.52. The Morgan fingerprint density at radius 1 is 0.969 bits per heavy atom. The number of carbonyl (C=O) groups excluding carboxylic acids is 2. The minimum atomic E-state index is -3.61. The Morgan fingerprint density at radius 3 is 2.16 bits per heavy atom. The molecule has 7 nitrogen and oxygen atoms in total. The van der Waals surface area contributed by atoms with Crippen LogP contribution in [-0.4, -0.2) is 62.2 Å². The van der Waals surface area contributed by atoms with Crippen LogP contribution in [0.25, 0.3) is 0 Å². The molecule has 0 saturated carbocycles. The summed E-state index contributed by atoms with van der Waals surface area (Å²) in [6.07, 6.45) is 0. The quantitative estimate of drug-likeness (QED) is 0.748. The van der Waals surface area contributed by atoms with Gasteiger partial charge in [0.25, 0.3) is 5.91 Å². The fraction of sp³-hybridized carbons (Fsp3) is 0.417. The number of amides is 2. The molecule has 0 bridgehead atoms. The third-order valence-corrected chi connectivity index (χ3v) is 7.54. The summed E-state index contributed by atoms with van der Waals surface area (Å²) in [6, 6.07) is 14.1. The van der Waals surface area contributed by atoms with Gasteiger partial charge >= 0.3 is 0 Å². The van der Waals surface area contributed by atoms with Crippen molar-refractivity contribution in [2.45, 2.75) is 38.0 Å². The van der Waals surface area contributed by atoms with Gasteiger partial charge < -0.3 is 10.2 Å². The van der Waals surface area contributed by atoms with Gasteiger partial charge in [0.15, 0.2) is 0 Å². The van der Waals surface area contributed by atoms with Crippen LogP contribution in [0.3, 0.4) is 0 Å². The number of rotatable bonds is 5. The number of hydrogen-bond acceptors (Lipinski definition) is 4. The second kappa shape index (κ2) is 9.42. The number of piperazine rings is 1. The lowest BCUT2D eigenvalue weighted by atomic mass is 9.87. The van der Waals surface area contributed by atoms with Crippen molar-refractivity contribution in [1.82, 2.24) is 14.5 Å². The highest BCUT2D eigenvalue weighted by molar-refractivity contribution is 7.89. The first-order valence-electron chi connectivity index (χ1n) is 10.7. The van der Waals surface area contributed by atoms with Crippen molar-refractivity contribution >= 4 is 21.8 Å². The molecule has 2 aromatic carbocycles. The maximum Gasteiger partial charge on any atom is 0.251 e. The summed E-state index contributed by atoms with van der Waals surface area (Å²) in [7, 11) is -3.61. The third-order valence-electron chi connectivity index (χ3n) is 5.63. The normalized spacial score (nSPS) is 15.4. The Hall–Kier alpha value is -2.71. The molecule has 2 aromatic rings. The molecule has 0 aromatic heterocycles. The van der Waals surface area contributed by atoms with Gasteiger partial charge in [-0.05, 0) is 42.2 Å². The van der Waals surface area contributed by atoms with Gasteiger partial charge in [0, 0.05) is 31.7 Å². The van der Waals surface area contributed by atoms with Crippen molar-refractivity contribution in [2.24, 2.45) is 0 Å². The van der Waals surface area contributed by atoms with Crippen LogP contribution in [0.5, 0.6) is 0 Å². The maximum absolute atomic E-state index is 13.0. The summed E-state index contributed by atoms with van der Waals surface area (Å²) >= 11 is 0. The van der Waals surface area contributed by atoms with Gasteiger partial charge in [0.2, 0.25) is 15.9 Å². The molecule has 0 atom stereocenters. The van der Waals surface area contributed by atoms with Crippen molar-refractivity contribution in [2.75, 3.05) is 32.7 Å². The van der Waals surface area contributed by atoms with Crippen LogP contribution >= 0.6 is 0 Å². The monoisotopic (exact) mass is 457 g/mol. The summed E-state index contributed by atoms with van der Waals surface area (Å²) < 4.78 is 27.4. The van der Waals surface area contributed by atoms with E-state index in [0.29, 0.717) is 18.7 Å². The zero-order valence-electron chi connectivity index (χ0n) is 19.1. The molecule has 1 N–H and O–H groups in total. The van der Waals surface area contributed by atoms with Crippen LogP contribution in [0.4, 0.5) is 0 Å². The Bertz CT molecular complexity index is 1080. The number of nitrogens with zero attached hydrogens (tertiary/aromatic N) is 2. The minimum Gasteiger partial charge on any atom is -0.343 e. The Balaban J connectivity index is 1.54. The van der Waals surface area contributed by atoms with E-state index >= 15 is 0 Å².